The molecule has 1 spiro atoms. The van der Waals surface area contributed by atoms with Gasteiger partial charge in [-0.2, -0.15) is 0 Å². The maximum Gasteiger partial charge on any atom is 0.327 e. The number of imide groups is 1. The van der Waals surface area contributed by atoms with Gasteiger partial charge in [-0.25, -0.2) is 9.18 Å². The number of carbonyl (C=O) groups excluding carboxylic acids is 3. The lowest BCUT2D eigenvalue weighted by molar-refractivity contribution is -0.135. The molecule has 10 heteroatoms. The van der Waals surface area contributed by atoms with E-state index in [4.69, 9.17) is 9.90 Å². The van der Waals surface area contributed by atoms with Gasteiger partial charge in [-0.3, -0.25) is 19.3 Å². The highest BCUT2D eigenvalue weighted by Gasteiger charge is 2.57. The summed E-state index contributed by atoms with van der Waals surface area (Å²) in [6, 6.07) is 3.11. The second kappa shape index (κ2) is 9.32. The van der Waals surface area contributed by atoms with Gasteiger partial charge in [-0.15, -0.1) is 0 Å². The minimum atomic E-state index is -0.930. The van der Waals surface area contributed by atoms with Crippen LogP contribution in [0.3, 0.4) is 0 Å². The molecule has 0 aliphatic carbocycles. The van der Waals surface area contributed by atoms with Crippen LogP contribution in [-0.2, 0) is 9.59 Å². The number of nitrogens with zero attached hydrogens (tertiary/aromatic N) is 3. The fourth-order valence-corrected chi connectivity index (χ4v) is 3.91. The smallest absolute Gasteiger partial charge is 0.327 e. The van der Waals surface area contributed by atoms with Gasteiger partial charge in [0.1, 0.15) is 17.1 Å². The average molecular weight is 437 g/mol. The molecule has 2 aliphatic rings. The van der Waals surface area contributed by atoms with E-state index in [0.29, 0.717) is 19.4 Å². The Hall–Kier alpha value is -3.17. The molecule has 2 fully saturated rings. The molecule has 1 aromatic carbocycles. The molecule has 170 valence electrons. The number of hydrogen-bond donors (Lipinski definition) is 2. The van der Waals surface area contributed by atoms with Crippen molar-refractivity contribution in [3.8, 4) is 5.75 Å². The van der Waals surface area contributed by atoms with Gasteiger partial charge < -0.3 is 20.0 Å². The summed E-state index contributed by atoms with van der Waals surface area (Å²) in [5.74, 6) is -2.38. The molecule has 0 bridgehead atoms. The first kappa shape index (κ1) is 24.1. The number of carboxylic acids is 1. The van der Waals surface area contributed by atoms with Gasteiger partial charge in [0.15, 0.2) is 0 Å². The van der Waals surface area contributed by atoms with Gasteiger partial charge in [0.25, 0.3) is 17.8 Å². The number of carbonyl (C=O) groups is 4. The van der Waals surface area contributed by atoms with Gasteiger partial charge in [0, 0.05) is 39.7 Å². The zero-order valence-electron chi connectivity index (χ0n) is 18.1. The predicted octanol–water partition coefficient (Wildman–Crippen LogP) is 2.15. The molecule has 2 saturated heterocycles. The number of phenolic OH excluding ortho intramolecular Hbond substituents is 1. The van der Waals surface area contributed by atoms with Crippen LogP contribution in [-0.4, -0.2) is 80.9 Å². The van der Waals surface area contributed by atoms with Crippen molar-refractivity contribution in [2.24, 2.45) is 5.92 Å². The highest BCUT2D eigenvalue weighted by atomic mass is 19.1. The SMILES string of the molecule is CC(=O)O.CC(C)CN1C(=O)N(C)C(=O)C12CCN(C(=O)c1ccc(O)cc1F)CC2. The number of likely N-dealkylation sites (tertiary alicyclic amines) is 1. The number of amides is 4. The summed E-state index contributed by atoms with van der Waals surface area (Å²) in [6.07, 6.45) is 0.639. The molecule has 2 heterocycles. The molecule has 0 radical (unpaired) electrons. The molecule has 2 aliphatic heterocycles. The van der Waals surface area contributed by atoms with Crippen LogP contribution in [0.2, 0.25) is 0 Å². The minimum absolute atomic E-state index is 0.117. The minimum Gasteiger partial charge on any atom is -0.508 e. The molecule has 0 saturated carbocycles. The highest BCUT2D eigenvalue weighted by molar-refractivity contribution is 6.07. The first-order valence-corrected chi connectivity index (χ1v) is 9.97. The number of aromatic hydroxyl groups is 1. The first-order valence-electron chi connectivity index (χ1n) is 9.97. The van der Waals surface area contributed by atoms with Gasteiger partial charge in [-0.05, 0) is 30.9 Å². The number of rotatable bonds is 3. The third-order valence-corrected chi connectivity index (χ3v) is 5.35. The zero-order chi connectivity index (χ0) is 23.5. The lowest BCUT2D eigenvalue weighted by atomic mass is 9.85. The first-order chi connectivity index (χ1) is 14.4. The summed E-state index contributed by atoms with van der Waals surface area (Å²) < 4.78 is 14.0. The van der Waals surface area contributed by atoms with Crippen molar-refractivity contribution in [1.82, 2.24) is 14.7 Å². The van der Waals surface area contributed by atoms with Crippen LogP contribution in [0.15, 0.2) is 18.2 Å². The maximum absolute atomic E-state index is 14.0. The Balaban J connectivity index is 0.000000785. The number of urea groups is 1. The number of hydrogen-bond acceptors (Lipinski definition) is 5. The molecular weight excluding hydrogens is 409 g/mol. The summed E-state index contributed by atoms with van der Waals surface area (Å²) in [6.45, 7) is 6.02. The zero-order valence-corrected chi connectivity index (χ0v) is 18.1. The summed E-state index contributed by atoms with van der Waals surface area (Å²) >= 11 is 0. The third kappa shape index (κ3) is 4.95. The topological polar surface area (TPSA) is 118 Å². The van der Waals surface area contributed by atoms with Crippen LogP contribution >= 0.6 is 0 Å². The predicted molar refractivity (Wildman–Crippen MR) is 109 cm³/mol. The summed E-state index contributed by atoms with van der Waals surface area (Å²) in [5, 5.41) is 16.7. The lowest BCUT2D eigenvalue weighted by Gasteiger charge is -2.42. The van der Waals surface area contributed by atoms with E-state index in [1.165, 1.54) is 24.1 Å². The number of likely N-dealkylation sites (N-methyl/N-ethyl adjacent to an activating group) is 1. The molecule has 0 unspecified atom stereocenters. The molecule has 0 aromatic heterocycles. The van der Waals surface area contributed by atoms with Gasteiger partial charge in [0.05, 0.1) is 5.56 Å². The monoisotopic (exact) mass is 437 g/mol. The molecule has 31 heavy (non-hydrogen) atoms. The molecule has 0 atom stereocenters. The highest BCUT2D eigenvalue weighted by Crippen LogP contribution is 2.37. The summed E-state index contributed by atoms with van der Waals surface area (Å²) in [4.78, 5) is 51.2. The fourth-order valence-electron chi connectivity index (χ4n) is 3.91. The van der Waals surface area contributed by atoms with Crippen LogP contribution in [0.1, 0.15) is 44.0 Å². The van der Waals surface area contributed by atoms with Crippen molar-refractivity contribution in [1.29, 1.82) is 0 Å². The second-order valence-corrected chi connectivity index (χ2v) is 8.16. The number of piperidine rings is 1. The fraction of sp³-hybridized carbons (Fsp3) is 0.524. The van der Waals surface area contributed by atoms with Crippen LogP contribution in [0, 0.1) is 11.7 Å². The Labute approximate surface area is 180 Å². The van der Waals surface area contributed by atoms with Gasteiger partial charge in [0.2, 0.25) is 0 Å². The molecule has 1 aromatic rings. The Morgan fingerprint density at radius 1 is 1.19 bits per heavy atom. The Morgan fingerprint density at radius 3 is 2.23 bits per heavy atom. The number of benzene rings is 1. The van der Waals surface area contributed by atoms with E-state index in [0.717, 1.165) is 17.9 Å². The average Bonchev–Trinajstić information content (AvgIpc) is 2.84. The quantitative estimate of drug-likeness (QED) is 0.700. The van der Waals surface area contributed by atoms with E-state index in [-0.39, 0.29) is 42.3 Å². The van der Waals surface area contributed by atoms with Gasteiger partial charge >= 0.3 is 6.03 Å². The normalized spacial score (nSPS) is 17.8. The molecule has 2 N–H and O–H groups in total. The molecule has 9 nitrogen and oxygen atoms in total. The van der Waals surface area contributed by atoms with E-state index in [1.54, 1.807) is 4.90 Å². The Kier molecular flexibility index (Phi) is 7.24. The molecular formula is C21H28FN3O6. The van der Waals surface area contributed by atoms with Crippen LogP contribution in [0.25, 0.3) is 0 Å². The van der Waals surface area contributed by atoms with Crippen molar-refractivity contribution < 1.29 is 33.8 Å². The second-order valence-electron chi connectivity index (χ2n) is 8.16. The molecule has 4 amide bonds. The standard InChI is InChI=1S/C19H24FN3O4.C2H4O2/c1-12(2)11-23-18(27)21(3)17(26)19(23)6-8-22(9-7-19)16(25)14-5-4-13(24)10-15(14)20;1-2(3)4/h4-5,10,12,24H,6-9,11H2,1-3H3;1H3,(H,3,4). The van der Waals surface area contributed by atoms with E-state index >= 15 is 0 Å². The lowest BCUT2D eigenvalue weighted by Crippen LogP contribution is -2.58. The van der Waals surface area contributed by atoms with Crippen molar-refractivity contribution in [3.05, 3.63) is 29.6 Å². The van der Waals surface area contributed by atoms with E-state index < -0.39 is 23.2 Å². The van der Waals surface area contributed by atoms with Gasteiger partial charge in [-0.1, -0.05) is 13.8 Å². The van der Waals surface area contributed by atoms with Crippen LogP contribution in [0.4, 0.5) is 9.18 Å². The summed E-state index contributed by atoms with van der Waals surface area (Å²) in [7, 11) is 1.48. The van der Waals surface area contributed by atoms with E-state index in [1.807, 2.05) is 13.8 Å². The van der Waals surface area contributed by atoms with Crippen LogP contribution < -0.4 is 0 Å². The number of carboxylic acid groups (broad SMARTS) is 1. The number of halogens is 1. The van der Waals surface area contributed by atoms with Crippen molar-refractivity contribution in [2.75, 3.05) is 26.7 Å². The van der Waals surface area contributed by atoms with Crippen molar-refractivity contribution in [3.63, 3.8) is 0 Å². The largest absolute Gasteiger partial charge is 0.508 e. The maximum atomic E-state index is 14.0. The Morgan fingerprint density at radius 2 is 1.74 bits per heavy atom. The number of aliphatic carboxylic acids is 1. The third-order valence-electron chi connectivity index (χ3n) is 5.35. The number of phenols is 1. The van der Waals surface area contributed by atoms with E-state index in [2.05, 4.69) is 0 Å². The van der Waals surface area contributed by atoms with E-state index in [9.17, 15) is 23.9 Å². The Bertz CT molecular complexity index is 876. The van der Waals surface area contributed by atoms with Crippen LogP contribution in [0.5, 0.6) is 5.75 Å². The summed E-state index contributed by atoms with van der Waals surface area (Å²) in [5.41, 5.74) is -1.05. The molecule has 3 rings (SSSR count). The van der Waals surface area contributed by atoms with Crippen molar-refractivity contribution in [2.45, 2.75) is 39.2 Å². The van der Waals surface area contributed by atoms with Crippen molar-refractivity contribution >= 4 is 23.8 Å².